The number of sulfone groups is 1. The van der Waals surface area contributed by atoms with Gasteiger partial charge in [0.15, 0.2) is 9.84 Å². The Labute approximate surface area is 201 Å². The van der Waals surface area contributed by atoms with Gasteiger partial charge in [-0.3, -0.25) is 14.5 Å². The number of aromatic hydroxyl groups is 1. The summed E-state index contributed by atoms with van der Waals surface area (Å²) in [6, 6.07) is 4.73. The van der Waals surface area contributed by atoms with E-state index >= 15 is 0 Å². The van der Waals surface area contributed by atoms with E-state index in [1.165, 1.54) is 0 Å². The minimum Gasteiger partial charge on any atom is -0.507 e. The highest BCUT2D eigenvalue weighted by Gasteiger charge is 2.43. The number of nitrogens with zero attached hydrogens (tertiary/aromatic N) is 2. The number of hydrogen-bond donors (Lipinski definition) is 1. The molecule has 34 heavy (non-hydrogen) atoms. The fourth-order valence-corrected chi connectivity index (χ4v) is 6.16. The van der Waals surface area contributed by atoms with Gasteiger partial charge in [-0.1, -0.05) is 41.5 Å². The highest BCUT2D eigenvalue weighted by molar-refractivity contribution is 7.91. The van der Waals surface area contributed by atoms with E-state index in [9.17, 15) is 28.4 Å². The molecule has 1 saturated heterocycles. The molecule has 1 aromatic carbocycles. The summed E-state index contributed by atoms with van der Waals surface area (Å²) < 4.78 is 24.0. The Morgan fingerprint density at radius 1 is 1.06 bits per heavy atom. The molecule has 2 heterocycles. The van der Waals surface area contributed by atoms with Gasteiger partial charge in [0.2, 0.25) is 0 Å². The summed E-state index contributed by atoms with van der Waals surface area (Å²) in [5.74, 6) is -1.54. The molecule has 1 unspecified atom stereocenters. The van der Waals surface area contributed by atoms with Gasteiger partial charge < -0.3 is 5.11 Å². The Morgan fingerprint density at radius 3 is 2.00 bits per heavy atom. The molecule has 1 atom stereocenters. The van der Waals surface area contributed by atoms with E-state index in [-0.39, 0.29) is 51.2 Å². The summed E-state index contributed by atoms with van der Waals surface area (Å²) >= 11 is 0. The molecular formula is C26H32N2O5S. The molecule has 2 aliphatic rings. The molecule has 0 bridgehead atoms. The zero-order chi connectivity index (χ0) is 25.8. The van der Waals surface area contributed by atoms with Gasteiger partial charge in [-0.05, 0) is 53.5 Å². The van der Waals surface area contributed by atoms with E-state index in [1.54, 1.807) is 13.0 Å². The maximum absolute atomic E-state index is 13.5. The molecule has 1 N–H and O–H groups in total. The summed E-state index contributed by atoms with van der Waals surface area (Å²) in [4.78, 5) is 27.4. The lowest BCUT2D eigenvalue weighted by atomic mass is 9.78. The Kier molecular flexibility index (Phi) is 6.34. The molecular weight excluding hydrogens is 452 g/mol. The number of amides is 2. The van der Waals surface area contributed by atoms with Crippen LogP contribution in [0.15, 0.2) is 28.9 Å². The minimum atomic E-state index is -3.35. The molecule has 182 valence electrons. The van der Waals surface area contributed by atoms with E-state index in [0.717, 1.165) is 4.90 Å². The van der Waals surface area contributed by atoms with Crippen LogP contribution in [0.25, 0.3) is 6.08 Å². The Bertz CT molecular complexity index is 1250. The Morgan fingerprint density at radius 2 is 1.59 bits per heavy atom. The van der Waals surface area contributed by atoms with Crippen molar-refractivity contribution >= 4 is 27.7 Å². The summed E-state index contributed by atoms with van der Waals surface area (Å²) in [6.07, 6.45) is 1.79. The van der Waals surface area contributed by atoms with Gasteiger partial charge in [-0.2, -0.15) is 5.26 Å². The third-order valence-electron chi connectivity index (χ3n) is 6.41. The van der Waals surface area contributed by atoms with E-state index < -0.39 is 27.7 Å². The number of carbonyl (C=O) groups excluding carboxylic acids is 2. The van der Waals surface area contributed by atoms with Crippen molar-refractivity contribution in [2.24, 2.45) is 0 Å². The van der Waals surface area contributed by atoms with E-state index in [4.69, 9.17) is 0 Å². The van der Waals surface area contributed by atoms with Crippen molar-refractivity contribution in [3.63, 3.8) is 0 Å². The fraction of sp³-hybridized carbons (Fsp3) is 0.500. The molecule has 8 heteroatoms. The zero-order valence-corrected chi connectivity index (χ0v) is 21.6. The summed E-state index contributed by atoms with van der Waals surface area (Å²) in [5.41, 5.74) is 1.60. The number of rotatable bonds is 2. The van der Waals surface area contributed by atoms with Crippen molar-refractivity contribution < 1.29 is 23.1 Å². The lowest BCUT2D eigenvalue weighted by molar-refractivity contribution is -0.142. The SMILES string of the molecule is CC1=C(C#N)C(=O)N(C2CCS(=O)(=O)C2)C(=O)C1=Cc1cc(C(C)(C)C)c(O)c(C(C)(C)C)c1. The predicted octanol–water partition coefficient (Wildman–Crippen LogP) is 3.77. The van der Waals surface area contributed by atoms with Gasteiger partial charge in [-0.15, -0.1) is 0 Å². The van der Waals surface area contributed by atoms with Crippen molar-refractivity contribution in [1.82, 2.24) is 4.90 Å². The van der Waals surface area contributed by atoms with Crippen molar-refractivity contribution in [3.8, 4) is 11.8 Å². The van der Waals surface area contributed by atoms with Crippen LogP contribution in [0, 0.1) is 11.3 Å². The van der Waals surface area contributed by atoms with Crippen LogP contribution in [0.2, 0.25) is 0 Å². The lowest BCUT2D eigenvalue weighted by Crippen LogP contribution is -2.49. The van der Waals surface area contributed by atoms with Crippen LogP contribution < -0.4 is 0 Å². The second kappa shape index (κ2) is 8.38. The number of imide groups is 1. The van der Waals surface area contributed by atoms with E-state index in [1.807, 2.05) is 59.7 Å². The first kappa shape index (κ1) is 25.7. The second-order valence-electron chi connectivity index (χ2n) is 11.2. The maximum Gasteiger partial charge on any atom is 0.271 e. The quantitative estimate of drug-likeness (QED) is 0.505. The molecule has 7 nitrogen and oxygen atoms in total. The number of nitriles is 1. The van der Waals surface area contributed by atoms with Crippen molar-refractivity contribution in [3.05, 3.63) is 45.5 Å². The fourth-order valence-electron chi connectivity index (χ4n) is 4.46. The molecule has 0 radical (unpaired) electrons. The van der Waals surface area contributed by atoms with Gasteiger partial charge >= 0.3 is 0 Å². The summed E-state index contributed by atoms with van der Waals surface area (Å²) in [5, 5.41) is 20.7. The number of phenols is 1. The smallest absolute Gasteiger partial charge is 0.271 e. The van der Waals surface area contributed by atoms with Crippen molar-refractivity contribution in [1.29, 1.82) is 5.26 Å². The third-order valence-corrected chi connectivity index (χ3v) is 8.16. The maximum atomic E-state index is 13.5. The summed E-state index contributed by atoms with van der Waals surface area (Å²) in [6.45, 7) is 13.5. The molecule has 0 aromatic heterocycles. The van der Waals surface area contributed by atoms with Gasteiger partial charge in [-0.25, -0.2) is 8.42 Å². The predicted molar refractivity (Wildman–Crippen MR) is 131 cm³/mol. The van der Waals surface area contributed by atoms with Gasteiger partial charge in [0.1, 0.15) is 17.4 Å². The highest BCUT2D eigenvalue weighted by Crippen LogP contribution is 2.41. The Balaban J connectivity index is 2.23. The number of hydrogen-bond acceptors (Lipinski definition) is 6. The summed E-state index contributed by atoms with van der Waals surface area (Å²) in [7, 11) is -3.35. The largest absolute Gasteiger partial charge is 0.507 e. The highest BCUT2D eigenvalue weighted by atomic mass is 32.2. The van der Waals surface area contributed by atoms with Crippen LogP contribution >= 0.6 is 0 Å². The average molecular weight is 485 g/mol. The monoisotopic (exact) mass is 484 g/mol. The number of benzene rings is 1. The van der Waals surface area contributed by atoms with E-state index in [2.05, 4.69) is 0 Å². The van der Waals surface area contributed by atoms with Crippen LogP contribution in [-0.2, 0) is 30.3 Å². The van der Waals surface area contributed by atoms with Crippen LogP contribution in [0.4, 0.5) is 0 Å². The van der Waals surface area contributed by atoms with Crippen molar-refractivity contribution in [2.75, 3.05) is 11.5 Å². The van der Waals surface area contributed by atoms with Crippen molar-refractivity contribution in [2.45, 2.75) is 71.8 Å². The first-order chi connectivity index (χ1) is 15.5. The van der Waals surface area contributed by atoms with Crippen LogP contribution in [0.3, 0.4) is 0 Å². The van der Waals surface area contributed by atoms with Gasteiger partial charge in [0.05, 0.1) is 17.5 Å². The van der Waals surface area contributed by atoms with Crippen LogP contribution in [0.5, 0.6) is 5.75 Å². The molecule has 0 spiro atoms. The first-order valence-electron chi connectivity index (χ1n) is 11.3. The third kappa shape index (κ3) is 4.67. The molecule has 1 fully saturated rings. The average Bonchev–Trinajstić information content (AvgIpc) is 3.04. The molecule has 1 aromatic rings. The number of phenolic OH excluding ortho intramolecular Hbond substituents is 1. The second-order valence-corrected chi connectivity index (χ2v) is 13.4. The molecule has 0 aliphatic carbocycles. The molecule has 3 rings (SSSR count). The van der Waals surface area contributed by atoms with Crippen LogP contribution in [0.1, 0.15) is 71.6 Å². The zero-order valence-electron chi connectivity index (χ0n) is 20.8. The molecule has 0 saturated carbocycles. The van der Waals surface area contributed by atoms with Crippen LogP contribution in [-0.4, -0.2) is 47.8 Å². The van der Waals surface area contributed by atoms with E-state index in [0.29, 0.717) is 16.7 Å². The Hall–Kier alpha value is -2.92. The standard InChI is InChI=1S/C26H32N2O5S/c1-15-18(10-16-11-20(25(2,3)4)22(29)21(12-16)26(5,6)7)23(30)28(24(31)19(15)13-27)17-8-9-34(32,33)14-17/h10-12,17,29H,8-9,14H2,1-7H3. The minimum absolute atomic E-state index is 0.0970. The first-order valence-corrected chi connectivity index (χ1v) is 13.1. The van der Waals surface area contributed by atoms with Gasteiger partial charge in [0, 0.05) is 16.7 Å². The molecule has 2 aliphatic heterocycles. The van der Waals surface area contributed by atoms with Gasteiger partial charge in [0.25, 0.3) is 11.8 Å². The lowest BCUT2D eigenvalue weighted by Gasteiger charge is -2.32. The topological polar surface area (TPSA) is 116 Å². The molecule has 2 amide bonds. The number of carbonyl (C=O) groups is 2. The normalized spacial score (nSPS) is 22.5.